The molecule has 26 heavy (non-hydrogen) atoms. The van der Waals surface area contributed by atoms with Crippen molar-refractivity contribution in [2.45, 2.75) is 19.1 Å². The molecule has 0 saturated carbocycles. The maximum atomic E-state index is 12.0. The zero-order valence-corrected chi connectivity index (χ0v) is 14.3. The van der Waals surface area contributed by atoms with E-state index < -0.39 is 0 Å². The van der Waals surface area contributed by atoms with Crippen LogP contribution in [0, 0.1) is 0 Å². The predicted octanol–water partition coefficient (Wildman–Crippen LogP) is 2.07. The monoisotopic (exact) mass is 348 g/mol. The molecule has 4 rings (SSSR count). The maximum Gasteiger partial charge on any atom is 0.251 e. The molecule has 0 aliphatic carbocycles. The van der Waals surface area contributed by atoms with Gasteiger partial charge in [-0.15, -0.1) is 0 Å². The fourth-order valence-corrected chi connectivity index (χ4v) is 3.24. The molecule has 0 amide bonds. The van der Waals surface area contributed by atoms with Crippen molar-refractivity contribution in [1.82, 2.24) is 19.9 Å². The van der Waals surface area contributed by atoms with E-state index in [1.807, 2.05) is 36.4 Å². The number of aromatic nitrogens is 3. The van der Waals surface area contributed by atoms with Crippen molar-refractivity contribution in [3.05, 3.63) is 70.8 Å². The van der Waals surface area contributed by atoms with Gasteiger partial charge in [-0.1, -0.05) is 24.3 Å². The van der Waals surface area contributed by atoms with E-state index in [-0.39, 0.29) is 11.7 Å². The number of benzene rings is 1. The van der Waals surface area contributed by atoms with Gasteiger partial charge in [-0.3, -0.25) is 14.7 Å². The van der Waals surface area contributed by atoms with E-state index in [2.05, 4.69) is 19.9 Å². The molecule has 2 N–H and O–H groups in total. The van der Waals surface area contributed by atoms with Gasteiger partial charge < -0.3 is 10.1 Å². The summed E-state index contributed by atoms with van der Waals surface area (Å²) in [6.45, 7) is 2.46. The molecule has 132 valence electrons. The minimum absolute atomic E-state index is 0.191. The lowest BCUT2D eigenvalue weighted by molar-refractivity contribution is 0.175. The Morgan fingerprint density at radius 2 is 2.04 bits per heavy atom. The van der Waals surface area contributed by atoms with Gasteiger partial charge in [-0.05, 0) is 24.1 Å². The number of nitrogens with one attached hydrogen (secondary N) is 1. The summed E-state index contributed by atoms with van der Waals surface area (Å²) in [4.78, 5) is 25.7. The number of hydrogen-bond donors (Lipinski definition) is 2. The van der Waals surface area contributed by atoms with Crippen molar-refractivity contribution in [3.8, 4) is 22.6 Å². The van der Waals surface area contributed by atoms with Crippen molar-refractivity contribution < 1.29 is 5.11 Å². The van der Waals surface area contributed by atoms with E-state index in [1.165, 1.54) is 11.6 Å². The van der Waals surface area contributed by atoms with Crippen molar-refractivity contribution in [2.24, 2.45) is 0 Å². The molecule has 0 bridgehead atoms. The van der Waals surface area contributed by atoms with Gasteiger partial charge in [0.1, 0.15) is 5.82 Å². The summed E-state index contributed by atoms with van der Waals surface area (Å²) in [6, 6.07) is 13.2. The Balaban J connectivity index is 1.57. The van der Waals surface area contributed by atoms with Crippen molar-refractivity contribution in [1.29, 1.82) is 0 Å². The van der Waals surface area contributed by atoms with E-state index in [1.54, 1.807) is 12.4 Å². The van der Waals surface area contributed by atoms with Gasteiger partial charge in [0.15, 0.2) is 0 Å². The van der Waals surface area contributed by atoms with E-state index in [4.69, 9.17) is 0 Å². The molecule has 1 aliphatic rings. The lowest BCUT2D eigenvalue weighted by Gasteiger charge is -2.15. The Bertz CT molecular complexity index is 938. The number of nitrogens with zero attached hydrogens (tertiary/aromatic N) is 3. The van der Waals surface area contributed by atoms with Gasteiger partial charge in [-0.25, -0.2) is 4.98 Å². The van der Waals surface area contributed by atoms with Crippen LogP contribution in [0.25, 0.3) is 22.6 Å². The first-order chi connectivity index (χ1) is 12.7. The summed E-state index contributed by atoms with van der Waals surface area (Å²) in [6.07, 6.45) is 4.01. The van der Waals surface area contributed by atoms with E-state index >= 15 is 0 Å². The number of rotatable bonds is 4. The molecule has 1 fully saturated rings. The predicted molar refractivity (Wildman–Crippen MR) is 99.4 cm³/mol. The first kappa shape index (κ1) is 16.6. The van der Waals surface area contributed by atoms with Crippen LogP contribution in [0.1, 0.15) is 12.0 Å². The van der Waals surface area contributed by atoms with Crippen LogP contribution in [0.5, 0.6) is 0 Å². The van der Waals surface area contributed by atoms with E-state index in [9.17, 15) is 9.90 Å². The number of likely N-dealkylation sites (tertiary alicyclic amines) is 1. The number of H-pyrrole nitrogens is 1. The quantitative estimate of drug-likeness (QED) is 0.754. The normalized spacial score (nSPS) is 17.5. The summed E-state index contributed by atoms with van der Waals surface area (Å²) in [5, 5.41) is 9.63. The second-order valence-corrected chi connectivity index (χ2v) is 6.60. The molecule has 0 radical (unpaired) electrons. The van der Waals surface area contributed by atoms with Gasteiger partial charge in [0.2, 0.25) is 0 Å². The lowest BCUT2D eigenvalue weighted by Crippen LogP contribution is -2.21. The van der Waals surface area contributed by atoms with Crippen molar-refractivity contribution in [3.63, 3.8) is 0 Å². The SMILES string of the molecule is O=c1cc(-c2cccnc2)nc(-c2ccc(CN3CC[C@@H](O)C3)cc2)[nH]1. The summed E-state index contributed by atoms with van der Waals surface area (Å²) >= 11 is 0. The van der Waals surface area contributed by atoms with Crippen LogP contribution in [0.15, 0.2) is 59.7 Å². The number of aliphatic hydroxyl groups excluding tert-OH is 1. The van der Waals surface area contributed by atoms with E-state index in [0.29, 0.717) is 11.5 Å². The van der Waals surface area contributed by atoms with Gasteiger partial charge in [-0.2, -0.15) is 0 Å². The molecule has 6 heteroatoms. The summed E-state index contributed by atoms with van der Waals surface area (Å²) in [7, 11) is 0. The summed E-state index contributed by atoms with van der Waals surface area (Å²) in [5.74, 6) is 0.541. The largest absolute Gasteiger partial charge is 0.392 e. The molecule has 1 aliphatic heterocycles. The molecule has 3 heterocycles. The zero-order chi connectivity index (χ0) is 17.9. The Labute approximate surface area is 151 Å². The average Bonchev–Trinajstić information content (AvgIpc) is 3.07. The highest BCUT2D eigenvalue weighted by atomic mass is 16.3. The zero-order valence-electron chi connectivity index (χ0n) is 14.3. The lowest BCUT2D eigenvalue weighted by atomic mass is 10.1. The summed E-state index contributed by atoms with van der Waals surface area (Å²) < 4.78 is 0. The Morgan fingerprint density at radius 1 is 1.19 bits per heavy atom. The van der Waals surface area contributed by atoms with Crippen LogP contribution in [-0.2, 0) is 6.54 Å². The molecular formula is C20H20N4O2. The highest BCUT2D eigenvalue weighted by molar-refractivity contribution is 5.62. The molecule has 2 aromatic heterocycles. The van der Waals surface area contributed by atoms with Gasteiger partial charge in [0.05, 0.1) is 11.8 Å². The van der Waals surface area contributed by atoms with Crippen LogP contribution >= 0.6 is 0 Å². The summed E-state index contributed by atoms with van der Waals surface area (Å²) in [5.41, 5.74) is 3.26. The third-order valence-electron chi connectivity index (χ3n) is 4.58. The van der Waals surface area contributed by atoms with Crippen LogP contribution in [-0.4, -0.2) is 44.2 Å². The number of aliphatic hydroxyl groups is 1. The van der Waals surface area contributed by atoms with Crippen LogP contribution in [0.4, 0.5) is 0 Å². The molecule has 0 spiro atoms. The molecule has 3 aromatic rings. The fourth-order valence-electron chi connectivity index (χ4n) is 3.24. The first-order valence-electron chi connectivity index (χ1n) is 8.69. The van der Waals surface area contributed by atoms with E-state index in [0.717, 1.165) is 37.2 Å². The number of hydrogen-bond acceptors (Lipinski definition) is 5. The molecule has 1 atom stereocenters. The Morgan fingerprint density at radius 3 is 2.73 bits per heavy atom. The molecule has 0 unspecified atom stereocenters. The Hall–Kier alpha value is -2.83. The smallest absolute Gasteiger partial charge is 0.251 e. The highest BCUT2D eigenvalue weighted by Gasteiger charge is 2.19. The molecule has 1 aromatic carbocycles. The van der Waals surface area contributed by atoms with Gasteiger partial charge in [0, 0.05) is 49.2 Å². The molecule has 1 saturated heterocycles. The standard InChI is InChI=1S/C20H20N4O2/c25-17-7-9-24(13-17)12-14-3-5-15(6-4-14)20-22-18(10-19(26)23-20)16-2-1-8-21-11-16/h1-6,8,10-11,17,25H,7,9,12-13H2,(H,22,23,26)/t17-/m1/s1. The van der Waals surface area contributed by atoms with Gasteiger partial charge in [0.25, 0.3) is 5.56 Å². The Kier molecular flexibility index (Phi) is 4.60. The maximum absolute atomic E-state index is 12.0. The highest BCUT2D eigenvalue weighted by Crippen LogP contribution is 2.20. The number of β-amino-alcohol motifs (C(OH)–C–C–N with tert-alkyl or cyclic N) is 1. The van der Waals surface area contributed by atoms with Crippen molar-refractivity contribution >= 4 is 0 Å². The molecule has 6 nitrogen and oxygen atoms in total. The second kappa shape index (κ2) is 7.19. The third kappa shape index (κ3) is 3.71. The number of pyridine rings is 1. The van der Waals surface area contributed by atoms with Crippen LogP contribution in [0.3, 0.4) is 0 Å². The van der Waals surface area contributed by atoms with Crippen molar-refractivity contribution in [2.75, 3.05) is 13.1 Å². The van der Waals surface area contributed by atoms with Crippen LogP contribution < -0.4 is 5.56 Å². The minimum Gasteiger partial charge on any atom is -0.392 e. The minimum atomic E-state index is -0.209. The number of aromatic amines is 1. The average molecular weight is 348 g/mol. The first-order valence-corrected chi connectivity index (χ1v) is 8.69. The topological polar surface area (TPSA) is 82.1 Å². The molecular weight excluding hydrogens is 328 g/mol. The second-order valence-electron chi connectivity index (χ2n) is 6.60. The fraction of sp³-hybridized carbons (Fsp3) is 0.250. The van der Waals surface area contributed by atoms with Gasteiger partial charge >= 0.3 is 0 Å². The third-order valence-corrected chi connectivity index (χ3v) is 4.58. The van der Waals surface area contributed by atoms with Crippen LogP contribution in [0.2, 0.25) is 0 Å².